The number of nitrogens with zero attached hydrogens (tertiary/aromatic N) is 1. The summed E-state index contributed by atoms with van der Waals surface area (Å²) >= 11 is 0. The molecule has 1 rings (SSSR count). The first-order chi connectivity index (χ1) is 9.32. The number of β-amino-alcohol motifs (C(OH)–C–C–N with tert-alkyl or cyclic N) is 1. The van der Waals surface area contributed by atoms with Crippen molar-refractivity contribution in [2.24, 2.45) is 11.8 Å². The first-order valence-corrected chi connectivity index (χ1v) is 7.86. The molecule has 0 aliphatic carbocycles. The summed E-state index contributed by atoms with van der Waals surface area (Å²) < 4.78 is 0. The molecule has 1 fully saturated rings. The van der Waals surface area contributed by atoms with Gasteiger partial charge in [-0.3, -0.25) is 4.90 Å². The quantitative estimate of drug-likeness (QED) is 0.568. The van der Waals surface area contributed by atoms with Gasteiger partial charge in [-0.25, -0.2) is 0 Å². The van der Waals surface area contributed by atoms with Crippen molar-refractivity contribution in [3.8, 4) is 0 Å². The maximum Gasteiger partial charge on any atom is 0.0724 e. The van der Waals surface area contributed by atoms with Crippen molar-refractivity contribution in [1.29, 1.82) is 0 Å². The molecule has 1 aliphatic heterocycles. The average molecular weight is 287 g/mol. The van der Waals surface area contributed by atoms with Crippen molar-refractivity contribution in [3.05, 3.63) is 0 Å². The lowest BCUT2D eigenvalue weighted by atomic mass is 9.78. The van der Waals surface area contributed by atoms with Gasteiger partial charge in [-0.05, 0) is 19.8 Å². The Hall–Kier alpha value is -0.200. The number of aliphatic hydroxyl groups excluding tert-OH is 1. The third-order valence-corrected chi connectivity index (χ3v) is 4.08. The highest BCUT2D eigenvalue weighted by molar-refractivity contribution is 4.87. The van der Waals surface area contributed by atoms with Crippen molar-refractivity contribution < 1.29 is 10.2 Å². The SMILES string of the molecule is CC(C)C(C(O)CN1CCNCCNCC1)C(C)(C)O. The zero-order chi connectivity index (χ0) is 15.2. The molecular formula is C15H33N3O2. The molecular weight excluding hydrogens is 254 g/mol. The maximum atomic E-state index is 10.6. The van der Waals surface area contributed by atoms with Crippen molar-refractivity contribution in [2.75, 3.05) is 45.8 Å². The van der Waals surface area contributed by atoms with Crippen molar-refractivity contribution >= 4 is 0 Å². The molecule has 0 saturated carbocycles. The first-order valence-electron chi connectivity index (χ1n) is 7.86. The Morgan fingerprint density at radius 3 is 1.95 bits per heavy atom. The molecule has 120 valence electrons. The third kappa shape index (κ3) is 6.06. The van der Waals surface area contributed by atoms with Gasteiger partial charge >= 0.3 is 0 Å². The van der Waals surface area contributed by atoms with E-state index in [2.05, 4.69) is 29.4 Å². The molecule has 2 unspecified atom stereocenters. The standard InChI is InChI=1S/C15H33N3O2/c1-12(2)14(15(3,4)20)13(19)11-18-9-7-16-5-6-17-8-10-18/h12-14,16-17,19-20H,5-11H2,1-4H3. The lowest BCUT2D eigenvalue weighted by Crippen LogP contribution is -2.49. The van der Waals surface area contributed by atoms with Crippen LogP contribution in [0.15, 0.2) is 0 Å². The molecule has 1 saturated heterocycles. The largest absolute Gasteiger partial charge is 0.391 e. The number of hydrogen-bond acceptors (Lipinski definition) is 5. The minimum atomic E-state index is -0.857. The van der Waals surface area contributed by atoms with Gasteiger partial charge in [0.05, 0.1) is 11.7 Å². The number of rotatable bonds is 5. The van der Waals surface area contributed by atoms with E-state index in [0.29, 0.717) is 6.54 Å². The minimum absolute atomic E-state index is 0.115. The van der Waals surface area contributed by atoms with Gasteiger partial charge in [-0.15, -0.1) is 0 Å². The van der Waals surface area contributed by atoms with Crippen molar-refractivity contribution in [3.63, 3.8) is 0 Å². The fraction of sp³-hybridized carbons (Fsp3) is 1.00. The smallest absolute Gasteiger partial charge is 0.0724 e. The lowest BCUT2D eigenvalue weighted by molar-refractivity contribution is -0.0756. The monoisotopic (exact) mass is 287 g/mol. The van der Waals surface area contributed by atoms with Crippen LogP contribution in [0, 0.1) is 11.8 Å². The van der Waals surface area contributed by atoms with E-state index in [-0.39, 0.29) is 11.8 Å². The van der Waals surface area contributed by atoms with Gasteiger partial charge in [0.15, 0.2) is 0 Å². The normalized spacial score (nSPS) is 22.9. The van der Waals surface area contributed by atoms with Crippen LogP contribution in [0.3, 0.4) is 0 Å². The van der Waals surface area contributed by atoms with E-state index in [0.717, 1.165) is 39.3 Å². The fourth-order valence-corrected chi connectivity index (χ4v) is 3.30. The van der Waals surface area contributed by atoms with Crippen LogP contribution in [0.1, 0.15) is 27.7 Å². The van der Waals surface area contributed by atoms with Gasteiger partial charge in [0.2, 0.25) is 0 Å². The summed E-state index contributed by atoms with van der Waals surface area (Å²) in [5.74, 6) is 0.134. The minimum Gasteiger partial charge on any atom is -0.391 e. The van der Waals surface area contributed by atoms with Crippen LogP contribution in [0.2, 0.25) is 0 Å². The maximum absolute atomic E-state index is 10.6. The predicted molar refractivity (Wildman–Crippen MR) is 82.8 cm³/mol. The average Bonchev–Trinajstić information content (AvgIpc) is 2.40. The van der Waals surface area contributed by atoms with Crippen LogP contribution in [0.4, 0.5) is 0 Å². The van der Waals surface area contributed by atoms with E-state index in [9.17, 15) is 10.2 Å². The van der Waals surface area contributed by atoms with Crippen LogP contribution >= 0.6 is 0 Å². The number of aliphatic hydroxyl groups is 2. The van der Waals surface area contributed by atoms with Crippen LogP contribution in [0.5, 0.6) is 0 Å². The van der Waals surface area contributed by atoms with Crippen LogP contribution in [-0.2, 0) is 0 Å². The van der Waals surface area contributed by atoms with E-state index < -0.39 is 11.7 Å². The Bertz CT molecular complexity index is 256. The summed E-state index contributed by atoms with van der Waals surface area (Å²) in [4.78, 5) is 2.27. The summed E-state index contributed by atoms with van der Waals surface area (Å²) in [6.07, 6.45) is -0.504. The zero-order valence-corrected chi connectivity index (χ0v) is 13.5. The van der Waals surface area contributed by atoms with E-state index >= 15 is 0 Å². The zero-order valence-electron chi connectivity index (χ0n) is 13.5. The predicted octanol–water partition coefficient (Wildman–Crippen LogP) is -0.115. The fourth-order valence-electron chi connectivity index (χ4n) is 3.30. The molecule has 0 aromatic heterocycles. The van der Waals surface area contributed by atoms with Crippen LogP contribution in [0.25, 0.3) is 0 Å². The molecule has 0 aromatic carbocycles. The van der Waals surface area contributed by atoms with Gasteiger partial charge in [0.1, 0.15) is 0 Å². The van der Waals surface area contributed by atoms with Gasteiger partial charge in [-0.1, -0.05) is 13.8 Å². The molecule has 0 amide bonds. The molecule has 0 spiro atoms. The Morgan fingerprint density at radius 1 is 1.05 bits per heavy atom. The Morgan fingerprint density at radius 2 is 1.55 bits per heavy atom. The Kier molecular flexibility index (Phi) is 7.40. The van der Waals surface area contributed by atoms with Crippen molar-refractivity contribution in [1.82, 2.24) is 15.5 Å². The van der Waals surface area contributed by atoms with Crippen LogP contribution < -0.4 is 10.6 Å². The second-order valence-electron chi connectivity index (χ2n) is 6.79. The first kappa shape index (κ1) is 17.9. The van der Waals surface area contributed by atoms with E-state index in [1.165, 1.54) is 0 Å². The highest BCUT2D eigenvalue weighted by atomic mass is 16.3. The molecule has 1 aliphatic rings. The third-order valence-electron chi connectivity index (χ3n) is 4.08. The second kappa shape index (κ2) is 8.29. The lowest BCUT2D eigenvalue weighted by Gasteiger charge is -2.38. The van der Waals surface area contributed by atoms with E-state index in [1.54, 1.807) is 13.8 Å². The Balaban J connectivity index is 2.58. The highest BCUT2D eigenvalue weighted by Crippen LogP contribution is 2.28. The van der Waals surface area contributed by atoms with Crippen molar-refractivity contribution in [2.45, 2.75) is 39.4 Å². The number of nitrogens with one attached hydrogen (secondary N) is 2. The van der Waals surface area contributed by atoms with Gasteiger partial charge < -0.3 is 20.8 Å². The molecule has 0 bridgehead atoms. The molecule has 20 heavy (non-hydrogen) atoms. The molecule has 5 heteroatoms. The molecule has 2 atom stereocenters. The van der Waals surface area contributed by atoms with Gasteiger partial charge in [0, 0.05) is 51.7 Å². The molecule has 0 aromatic rings. The van der Waals surface area contributed by atoms with Gasteiger partial charge in [-0.2, -0.15) is 0 Å². The summed E-state index contributed by atoms with van der Waals surface area (Å²) in [5, 5.41) is 27.6. The van der Waals surface area contributed by atoms with Gasteiger partial charge in [0.25, 0.3) is 0 Å². The molecule has 4 N–H and O–H groups in total. The van der Waals surface area contributed by atoms with E-state index in [4.69, 9.17) is 0 Å². The Labute approximate surface area is 123 Å². The molecule has 1 heterocycles. The summed E-state index contributed by atoms with van der Waals surface area (Å²) in [7, 11) is 0. The summed E-state index contributed by atoms with van der Waals surface area (Å²) in [6, 6.07) is 0. The topological polar surface area (TPSA) is 67.8 Å². The van der Waals surface area contributed by atoms with E-state index in [1.807, 2.05) is 0 Å². The second-order valence-corrected chi connectivity index (χ2v) is 6.79. The summed E-state index contributed by atoms with van der Waals surface area (Å²) in [5.41, 5.74) is -0.857. The molecule has 5 nitrogen and oxygen atoms in total. The van der Waals surface area contributed by atoms with Crippen LogP contribution in [-0.4, -0.2) is 72.6 Å². The highest BCUT2D eigenvalue weighted by Gasteiger charge is 2.36. The molecule has 0 radical (unpaired) electrons. The summed E-state index contributed by atoms with van der Waals surface area (Å²) in [6.45, 7) is 14.1. The number of hydrogen-bond donors (Lipinski definition) is 4.